The molecule has 0 spiro atoms. The van der Waals surface area contributed by atoms with Crippen LogP contribution < -0.4 is 5.73 Å². The predicted molar refractivity (Wildman–Crippen MR) is 63.1 cm³/mol. The number of carbonyl (C=O) groups excluding carboxylic acids is 1. The summed E-state index contributed by atoms with van der Waals surface area (Å²) in [6.07, 6.45) is 2.65. The van der Waals surface area contributed by atoms with Crippen LogP contribution >= 0.6 is 0 Å². The molecule has 2 rings (SSSR count). The van der Waals surface area contributed by atoms with E-state index in [1.807, 2.05) is 11.8 Å². The molecule has 0 bridgehead atoms. The van der Waals surface area contributed by atoms with E-state index in [0.29, 0.717) is 17.2 Å². The van der Waals surface area contributed by atoms with Gasteiger partial charge < -0.3 is 10.6 Å². The van der Waals surface area contributed by atoms with Crippen LogP contribution in [0.4, 0.5) is 5.69 Å². The first-order valence-electron chi connectivity index (χ1n) is 5.59. The van der Waals surface area contributed by atoms with Gasteiger partial charge in [0.05, 0.1) is 5.56 Å². The SMILES string of the molecule is Cc1cc(N)c(C(=O)N2CCC(C)C2)cn1. The van der Waals surface area contributed by atoms with E-state index >= 15 is 0 Å². The fourth-order valence-corrected chi connectivity index (χ4v) is 2.05. The number of hydrogen-bond acceptors (Lipinski definition) is 3. The maximum Gasteiger partial charge on any atom is 0.257 e. The zero-order valence-corrected chi connectivity index (χ0v) is 9.73. The van der Waals surface area contributed by atoms with Crippen molar-refractivity contribution in [3.8, 4) is 0 Å². The van der Waals surface area contributed by atoms with Gasteiger partial charge in [-0.25, -0.2) is 0 Å². The molecule has 0 aliphatic carbocycles. The number of rotatable bonds is 1. The molecule has 1 aromatic rings. The largest absolute Gasteiger partial charge is 0.398 e. The van der Waals surface area contributed by atoms with Gasteiger partial charge >= 0.3 is 0 Å². The highest BCUT2D eigenvalue weighted by molar-refractivity contribution is 5.98. The van der Waals surface area contributed by atoms with E-state index in [0.717, 1.165) is 25.2 Å². The summed E-state index contributed by atoms with van der Waals surface area (Å²) in [5.41, 5.74) is 7.73. The maximum absolute atomic E-state index is 12.1. The van der Waals surface area contributed by atoms with Crippen LogP contribution in [0, 0.1) is 12.8 Å². The first kappa shape index (κ1) is 10.9. The van der Waals surface area contributed by atoms with Crippen LogP contribution in [-0.2, 0) is 0 Å². The maximum atomic E-state index is 12.1. The molecule has 1 amide bonds. The van der Waals surface area contributed by atoms with E-state index in [9.17, 15) is 4.79 Å². The highest BCUT2D eigenvalue weighted by Gasteiger charge is 2.25. The Hall–Kier alpha value is -1.58. The van der Waals surface area contributed by atoms with Crippen molar-refractivity contribution in [3.63, 3.8) is 0 Å². The van der Waals surface area contributed by atoms with E-state index in [4.69, 9.17) is 5.73 Å². The minimum Gasteiger partial charge on any atom is -0.398 e. The van der Waals surface area contributed by atoms with Crippen molar-refractivity contribution in [2.24, 2.45) is 5.92 Å². The second kappa shape index (κ2) is 4.12. The molecular formula is C12H17N3O. The molecule has 1 aromatic heterocycles. The number of amides is 1. The number of nitrogens with two attached hydrogens (primary N) is 1. The first-order valence-corrected chi connectivity index (χ1v) is 5.59. The molecule has 1 saturated heterocycles. The normalized spacial score (nSPS) is 20.1. The van der Waals surface area contributed by atoms with Gasteiger partial charge in [0.1, 0.15) is 0 Å². The summed E-state index contributed by atoms with van der Waals surface area (Å²) in [7, 11) is 0. The minimum atomic E-state index is 0.00866. The number of nitrogens with zero attached hydrogens (tertiary/aromatic N) is 2. The fraction of sp³-hybridized carbons (Fsp3) is 0.500. The van der Waals surface area contributed by atoms with Gasteiger partial charge in [0, 0.05) is 30.7 Å². The minimum absolute atomic E-state index is 0.00866. The van der Waals surface area contributed by atoms with E-state index in [1.165, 1.54) is 0 Å². The Morgan fingerprint density at radius 1 is 1.62 bits per heavy atom. The summed E-state index contributed by atoms with van der Waals surface area (Å²) in [5.74, 6) is 0.595. The van der Waals surface area contributed by atoms with Gasteiger partial charge in [0.2, 0.25) is 0 Å². The Morgan fingerprint density at radius 2 is 2.38 bits per heavy atom. The summed E-state index contributed by atoms with van der Waals surface area (Å²) >= 11 is 0. The van der Waals surface area contributed by atoms with Crippen LogP contribution in [0.5, 0.6) is 0 Å². The van der Waals surface area contributed by atoms with Gasteiger partial charge in [0.15, 0.2) is 0 Å². The third kappa shape index (κ3) is 2.01. The standard InChI is InChI=1S/C12H17N3O/c1-8-3-4-15(7-8)12(16)10-6-14-9(2)5-11(10)13/h5-6,8H,3-4,7H2,1-2H3,(H2,13,14). The first-order chi connectivity index (χ1) is 7.58. The molecule has 1 aliphatic heterocycles. The van der Waals surface area contributed by atoms with Gasteiger partial charge in [-0.3, -0.25) is 9.78 Å². The van der Waals surface area contributed by atoms with Crippen molar-refractivity contribution < 1.29 is 4.79 Å². The highest BCUT2D eigenvalue weighted by Crippen LogP contribution is 2.20. The molecule has 1 fully saturated rings. The van der Waals surface area contributed by atoms with Crippen LogP contribution in [-0.4, -0.2) is 28.9 Å². The highest BCUT2D eigenvalue weighted by atomic mass is 16.2. The lowest BCUT2D eigenvalue weighted by atomic mass is 10.2. The second-order valence-corrected chi connectivity index (χ2v) is 4.56. The lowest BCUT2D eigenvalue weighted by Gasteiger charge is -2.16. The molecule has 1 aliphatic rings. The van der Waals surface area contributed by atoms with Gasteiger partial charge in [0.25, 0.3) is 5.91 Å². The van der Waals surface area contributed by atoms with Gasteiger partial charge in [-0.1, -0.05) is 6.92 Å². The van der Waals surface area contributed by atoms with E-state index in [-0.39, 0.29) is 5.91 Å². The molecule has 86 valence electrons. The third-order valence-electron chi connectivity index (χ3n) is 3.01. The molecular weight excluding hydrogens is 202 g/mol. The van der Waals surface area contributed by atoms with E-state index in [2.05, 4.69) is 11.9 Å². The van der Waals surface area contributed by atoms with Crippen LogP contribution in [0.25, 0.3) is 0 Å². The van der Waals surface area contributed by atoms with Crippen molar-refractivity contribution >= 4 is 11.6 Å². The van der Waals surface area contributed by atoms with Crippen molar-refractivity contribution in [3.05, 3.63) is 23.5 Å². The Kier molecular flexibility index (Phi) is 2.81. The zero-order chi connectivity index (χ0) is 11.7. The van der Waals surface area contributed by atoms with Crippen LogP contribution in [0.3, 0.4) is 0 Å². The molecule has 4 nitrogen and oxygen atoms in total. The van der Waals surface area contributed by atoms with E-state index < -0.39 is 0 Å². The molecule has 0 saturated carbocycles. The van der Waals surface area contributed by atoms with Crippen LogP contribution in [0.1, 0.15) is 29.4 Å². The number of likely N-dealkylation sites (tertiary alicyclic amines) is 1. The summed E-state index contributed by atoms with van der Waals surface area (Å²) < 4.78 is 0. The number of aryl methyl sites for hydroxylation is 1. The summed E-state index contributed by atoms with van der Waals surface area (Å²) in [4.78, 5) is 18.1. The van der Waals surface area contributed by atoms with Gasteiger partial charge in [-0.15, -0.1) is 0 Å². The smallest absolute Gasteiger partial charge is 0.257 e. The molecule has 0 aromatic carbocycles. The van der Waals surface area contributed by atoms with Crippen LogP contribution in [0.15, 0.2) is 12.3 Å². The van der Waals surface area contributed by atoms with Crippen LogP contribution in [0.2, 0.25) is 0 Å². The Balaban J connectivity index is 2.21. The summed E-state index contributed by atoms with van der Waals surface area (Å²) in [6.45, 7) is 5.67. The number of pyridine rings is 1. The topological polar surface area (TPSA) is 59.2 Å². The monoisotopic (exact) mass is 219 g/mol. The third-order valence-corrected chi connectivity index (χ3v) is 3.01. The molecule has 16 heavy (non-hydrogen) atoms. The van der Waals surface area contributed by atoms with Gasteiger partial charge in [-0.2, -0.15) is 0 Å². The zero-order valence-electron chi connectivity index (χ0n) is 9.73. The average molecular weight is 219 g/mol. The van der Waals surface area contributed by atoms with Crippen molar-refractivity contribution in [1.29, 1.82) is 0 Å². The van der Waals surface area contributed by atoms with Crippen molar-refractivity contribution in [2.45, 2.75) is 20.3 Å². The fourth-order valence-electron chi connectivity index (χ4n) is 2.05. The summed E-state index contributed by atoms with van der Waals surface area (Å²) in [5, 5.41) is 0. The quantitative estimate of drug-likeness (QED) is 0.777. The number of hydrogen-bond donors (Lipinski definition) is 1. The molecule has 2 N–H and O–H groups in total. The molecule has 1 unspecified atom stereocenters. The lowest BCUT2D eigenvalue weighted by Crippen LogP contribution is -2.29. The number of aromatic nitrogens is 1. The molecule has 1 atom stereocenters. The Labute approximate surface area is 95.5 Å². The number of anilines is 1. The predicted octanol–water partition coefficient (Wildman–Crippen LogP) is 1.45. The van der Waals surface area contributed by atoms with E-state index in [1.54, 1.807) is 12.3 Å². The average Bonchev–Trinajstić information content (AvgIpc) is 2.64. The van der Waals surface area contributed by atoms with Crippen molar-refractivity contribution in [1.82, 2.24) is 9.88 Å². The molecule has 4 heteroatoms. The second-order valence-electron chi connectivity index (χ2n) is 4.56. The Morgan fingerprint density at radius 3 is 2.94 bits per heavy atom. The van der Waals surface area contributed by atoms with Gasteiger partial charge in [-0.05, 0) is 25.3 Å². The lowest BCUT2D eigenvalue weighted by molar-refractivity contribution is 0.0788. The number of carbonyl (C=O) groups is 1. The molecule has 2 heterocycles. The van der Waals surface area contributed by atoms with Crippen molar-refractivity contribution in [2.75, 3.05) is 18.8 Å². The number of nitrogen functional groups attached to an aromatic ring is 1. The Bertz CT molecular complexity index is 417. The molecule has 0 radical (unpaired) electrons. The summed E-state index contributed by atoms with van der Waals surface area (Å²) in [6, 6.07) is 1.74.